The summed E-state index contributed by atoms with van der Waals surface area (Å²) in [5.74, 6) is -0.561. The molecule has 204 valence electrons. The van der Waals surface area contributed by atoms with E-state index in [-0.39, 0.29) is 11.3 Å². The van der Waals surface area contributed by atoms with Gasteiger partial charge in [-0.25, -0.2) is 19.2 Å². The number of unbranched alkanes of at least 4 members (excludes halogenated alkanes) is 10. The molecule has 0 radical (unpaired) electrons. The second kappa shape index (κ2) is 16.7. The van der Waals surface area contributed by atoms with Gasteiger partial charge < -0.3 is 4.74 Å². The Hall–Kier alpha value is -3.08. The number of aromatic nitrogens is 2. The lowest BCUT2D eigenvalue weighted by molar-refractivity contribution is 0.0728. The van der Waals surface area contributed by atoms with Crippen LogP contribution in [-0.4, -0.2) is 15.9 Å². The standard InChI is InChI=1S/C33H43FN2O2/c1-3-5-7-9-10-12-13-15-26-17-20-28(21-18-26)32-35-24-29(25-36-32)38-33(37)30-22-19-27(23-31(30)34)16-14-11-8-6-4-2/h17-25H,3-16H2,1-2H3. The zero-order chi connectivity index (χ0) is 27.0. The fourth-order valence-electron chi connectivity index (χ4n) is 4.60. The molecule has 5 heteroatoms. The first-order chi connectivity index (χ1) is 18.6. The van der Waals surface area contributed by atoms with E-state index in [4.69, 9.17) is 4.74 Å². The average molecular weight is 519 g/mol. The van der Waals surface area contributed by atoms with Crippen molar-refractivity contribution < 1.29 is 13.9 Å². The van der Waals surface area contributed by atoms with Crippen LogP contribution in [0, 0.1) is 5.82 Å². The van der Waals surface area contributed by atoms with Crippen molar-refractivity contribution in [1.29, 1.82) is 0 Å². The number of hydrogen-bond acceptors (Lipinski definition) is 4. The number of ether oxygens (including phenoxy) is 1. The summed E-state index contributed by atoms with van der Waals surface area (Å²) in [5.41, 5.74) is 3.04. The summed E-state index contributed by atoms with van der Waals surface area (Å²) >= 11 is 0. The molecule has 0 fully saturated rings. The summed E-state index contributed by atoms with van der Waals surface area (Å²) in [4.78, 5) is 21.2. The zero-order valence-electron chi connectivity index (χ0n) is 23.2. The van der Waals surface area contributed by atoms with Gasteiger partial charge >= 0.3 is 5.97 Å². The normalized spacial score (nSPS) is 11.0. The first-order valence-electron chi connectivity index (χ1n) is 14.5. The molecule has 0 saturated heterocycles. The molecule has 0 spiro atoms. The van der Waals surface area contributed by atoms with E-state index in [1.807, 2.05) is 12.1 Å². The maximum Gasteiger partial charge on any atom is 0.346 e. The molecule has 3 rings (SSSR count). The van der Waals surface area contributed by atoms with Crippen molar-refractivity contribution in [2.75, 3.05) is 0 Å². The fourth-order valence-corrected chi connectivity index (χ4v) is 4.60. The first kappa shape index (κ1) is 29.5. The highest BCUT2D eigenvalue weighted by atomic mass is 19.1. The number of rotatable bonds is 17. The molecule has 38 heavy (non-hydrogen) atoms. The van der Waals surface area contributed by atoms with Crippen LogP contribution in [0.5, 0.6) is 5.75 Å². The van der Waals surface area contributed by atoms with Gasteiger partial charge in [-0.05, 0) is 48.9 Å². The number of halogens is 1. The van der Waals surface area contributed by atoms with Gasteiger partial charge in [-0.1, -0.05) is 108 Å². The predicted octanol–water partition coefficient (Wildman–Crippen LogP) is 9.31. The van der Waals surface area contributed by atoms with Crippen molar-refractivity contribution in [3.05, 3.63) is 77.4 Å². The summed E-state index contributed by atoms with van der Waals surface area (Å²) in [6.45, 7) is 4.43. The van der Waals surface area contributed by atoms with Crippen LogP contribution in [0.1, 0.15) is 112 Å². The Morgan fingerprint density at radius 3 is 1.82 bits per heavy atom. The van der Waals surface area contributed by atoms with Gasteiger partial charge in [0.15, 0.2) is 11.6 Å². The summed E-state index contributed by atoms with van der Waals surface area (Å²) in [5, 5.41) is 0. The minimum atomic E-state index is -0.747. The fraction of sp³-hybridized carbons (Fsp3) is 0.485. The van der Waals surface area contributed by atoms with Crippen LogP contribution in [0.4, 0.5) is 4.39 Å². The van der Waals surface area contributed by atoms with Crippen LogP contribution in [0.2, 0.25) is 0 Å². The van der Waals surface area contributed by atoms with Crippen LogP contribution in [0.15, 0.2) is 54.9 Å². The second-order valence-corrected chi connectivity index (χ2v) is 10.2. The van der Waals surface area contributed by atoms with E-state index in [2.05, 4.69) is 35.9 Å². The topological polar surface area (TPSA) is 52.1 Å². The lowest BCUT2D eigenvalue weighted by Crippen LogP contribution is -2.11. The van der Waals surface area contributed by atoms with Crippen molar-refractivity contribution >= 4 is 5.97 Å². The molecular weight excluding hydrogens is 475 g/mol. The van der Waals surface area contributed by atoms with Gasteiger partial charge in [0.25, 0.3) is 0 Å². The third-order valence-electron chi connectivity index (χ3n) is 6.94. The molecule has 0 unspecified atom stereocenters. The van der Waals surface area contributed by atoms with E-state index in [1.54, 1.807) is 6.07 Å². The molecule has 0 aliphatic carbocycles. The van der Waals surface area contributed by atoms with Crippen LogP contribution >= 0.6 is 0 Å². The third kappa shape index (κ3) is 10.00. The number of nitrogens with zero attached hydrogens (tertiary/aromatic N) is 2. The highest BCUT2D eigenvalue weighted by molar-refractivity contribution is 5.91. The van der Waals surface area contributed by atoms with Crippen LogP contribution < -0.4 is 4.74 Å². The quantitative estimate of drug-likeness (QED) is 0.132. The van der Waals surface area contributed by atoms with Gasteiger partial charge in [0.05, 0.1) is 18.0 Å². The van der Waals surface area contributed by atoms with E-state index in [0.29, 0.717) is 5.82 Å². The number of aryl methyl sites for hydroxylation is 2. The van der Waals surface area contributed by atoms with Crippen molar-refractivity contribution in [2.24, 2.45) is 0 Å². The minimum Gasteiger partial charge on any atom is -0.420 e. The molecule has 3 aromatic rings. The van der Waals surface area contributed by atoms with Crippen molar-refractivity contribution in [3.63, 3.8) is 0 Å². The second-order valence-electron chi connectivity index (χ2n) is 10.2. The summed E-state index contributed by atoms with van der Waals surface area (Å²) < 4.78 is 19.9. The summed E-state index contributed by atoms with van der Waals surface area (Å²) in [7, 11) is 0. The molecule has 0 bridgehead atoms. The van der Waals surface area contributed by atoms with E-state index in [0.717, 1.165) is 36.8 Å². The molecule has 0 amide bonds. The largest absolute Gasteiger partial charge is 0.420 e. The van der Waals surface area contributed by atoms with Gasteiger partial charge in [-0.3, -0.25) is 0 Å². The van der Waals surface area contributed by atoms with Gasteiger partial charge in [0.1, 0.15) is 5.82 Å². The SMILES string of the molecule is CCCCCCCCCc1ccc(-c2ncc(OC(=O)c3ccc(CCCCCCC)cc3F)cn2)cc1. The predicted molar refractivity (Wildman–Crippen MR) is 153 cm³/mol. The summed E-state index contributed by atoms with van der Waals surface area (Å²) in [6.07, 6.45) is 19.7. The molecule has 2 aromatic carbocycles. The van der Waals surface area contributed by atoms with Gasteiger partial charge in [-0.2, -0.15) is 0 Å². The smallest absolute Gasteiger partial charge is 0.346 e. The van der Waals surface area contributed by atoms with Crippen LogP contribution in [0.25, 0.3) is 11.4 Å². The molecule has 1 heterocycles. The Labute approximate surface area is 228 Å². The molecule has 0 N–H and O–H groups in total. The monoisotopic (exact) mass is 518 g/mol. The van der Waals surface area contributed by atoms with Crippen LogP contribution in [0.3, 0.4) is 0 Å². The van der Waals surface area contributed by atoms with E-state index >= 15 is 0 Å². The van der Waals surface area contributed by atoms with Gasteiger partial charge in [-0.15, -0.1) is 0 Å². The maximum atomic E-state index is 14.6. The number of esters is 1. The van der Waals surface area contributed by atoms with Crippen molar-refractivity contribution in [1.82, 2.24) is 9.97 Å². The highest BCUT2D eigenvalue weighted by Gasteiger charge is 2.15. The van der Waals surface area contributed by atoms with E-state index in [9.17, 15) is 9.18 Å². The molecule has 4 nitrogen and oxygen atoms in total. The molecule has 0 aliphatic heterocycles. The number of carbonyl (C=O) groups excluding carboxylic acids is 1. The van der Waals surface area contributed by atoms with Crippen molar-refractivity contribution in [2.45, 2.75) is 104 Å². The summed E-state index contributed by atoms with van der Waals surface area (Å²) in [6, 6.07) is 13.0. The van der Waals surface area contributed by atoms with Gasteiger partial charge in [0, 0.05) is 5.56 Å². The highest BCUT2D eigenvalue weighted by Crippen LogP contribution is 2.20. The maximum absolute atomic E-state index is 14.6. The molecule has 0 saturated carbocycles. The number of hydrogen-bond donors (Lipinski definition) is 0. The minimum absolute atomic E-state index is 0.0830. The number of benzene rings is 2. The zero-order valence-corrected chi connectivity index (χ0v) is 23.2. The Morgan fingerprint density at radius 2 is 1.24 bits per heavy atom. The Balaban J connectivity index is 1.46. The molecule has 0 aliphatic rings. The molecule has 0 atom stereocenters. The van der Waals surface area contributed by atoms with Gasteiger partial charge in [0.2, 0.25) is 0 Å². The Bertz CT molecular complexity index is 1100. The molecular formula is C33H43FN2O2. The first-order valence-corrected chi connectivity index (χ1v) is 14.5. The van der Waals surface area contributed by atoms with Crippen LogP contribution in [-0.2, 0) is 12.8 Å². The van der Waals surface area contributed by atoms with E-state index in [1.165, 1.54) is 94.3 Å². The van der Waals surface area contributed by atoms with E-state index < -0.39 is 11.8 Å². The lowest BCUT2D eigenvalue weighted by atomic mass is 10.0. The third-order valence-corrected chi connectivity index (χ3v) is 6.94. The average Bonchev–Trinajstić information content (AvgIpc) is 2.93. The Kier molecular flexibility index (Phi) is 13.0. The lowest BCUT2D eigenvalue weighted by Gasteiger charge is -2.08. The number of carbonyl (C=O) groups is 1. The Morgan fingerprint density at radius 1 is 0.711 bits per heavy atom. The van der Waals surface area contributed by atoms with Crippen molar-refractivity contribution in [3.8, 4) is 17.1 Å². The molecule has 1 aromatic heterocycles.